The highest BCUT2D eigenvalue weighted by atomic mass is 14.9. The molecule has 1 aromatic heterocycles. The van der Waals surface area contributed by atoms with Gasteiger partial charge in [-0.2, -0.15) is 0 Å². The molecule has 0 bridgehead atoms. The van der Waals surface area contributed by atoms with Crippen molar-refractivity contribution in [2.75, 3.05) is 0 Å². The minimum absolute atomic E-state index is 0.674. The van der Waals surface area contributed by atoms with Gasteiger partial charge >= 0.3 is 0 Å². The molecule has 1 aliphatic rings. The summed E-state index contributed by atoms with van der Waals surface area (Å²) in [6, 6.07) is 0.674. The third-order valence-electron chi connectivity index (χ3n) is 3.01. The molecule has 2 rings (SSSR count). The van der Waals surface area contributed by atoms with Crippen LogP contribution < -0.4 is 5.32 Å². The molecule has 1 saturated carbocycles. The lowest BCUT2D eigenvalue weighted by Gasteiger charge is -2.15. The van der Waals surface area contributed by atoms with Crippen LogP contribution in [0.25, 0.3) is 0 Å². The Morgan fingerprint density at radius 2 is 2.20 bits per heavy atom. The molecule has 0 aliphatic heterocycles. The molecular weight excluding hydrogens is 186 g/mol. The maximum absolute atomic E-state index is 4.34. The Kier molecular flexibility index (Phi) is 3.31. The van der Waals surface area contributed by atoms with Crippen LogP contribution in [0.5, 0.6) is 0 Å². The maximum Gasteiger partial charge on any atom is 0.0724 e. The standard InChI is InChI=1S/C12H19N3/c1-3-12(10-4-5-10)15-8-11-7-13-9(2)6-14-11/h6-7,10,12,15H,3-5,8H2,1-2H3. The van der Waals surface area contributed by atoms with E-state index in [9.17, 15) is 0 Å². The van der Waals surface area contributed by atoms with Crippen molar-refractivity contribution in [3.05, 3.63) is 23.8 Å². The first-order chi connectivity index (χ1) is 7.29. The van der Waals surface area contributed by atoms with E-state index in [0.29, 0.717) is 6.04 Å². The number of hydrogen-bond donors (Lipinski definition) is 1. The molecule has 0 aromatic carbocycles. The summed E-state index contributed by atoms with van der Waals surface area (Å²) in [5.41, 5.74) is 2.02. The van der Waals surface area contributed by atoms with Crippen molar-refractivity contribution in [2.24, 2.45) is 5.92 Å². The monoisotopic (exact) mass is 205 g/mol. The zero-order valence-corrected chi connectivity index (χ0v) is 9.53. The van der Waals surface area contributed by atoms with E-state index < -0.39 is 0 Å². The molecule has 1 aliphatic carbocycles. The van der Waals surface area contributed by atoms with E-state index >= 15 is 0 Å². The van der Waals surface area contributed by atoms with Gasteiger partial charge in [-0.3, -0.25) is 9.97 Å². The van der Waals surface area contributed by atoms with Crippen molar-refractivity contribution < 1.29 is 0 Å². The van der Waals surface area contributed by atoms with Gasteiger partial charge in [0.2, 0.25) is 0 Å². The Morgan fingerprint density at radius 1 is 1.40 bits per heavy atom. The second-order valence-electron chi connectivity index (χ2n) is 4.38. The highest BCUT2D eigenvalue weighted by Gasteiger charge is 2.29. The molecule has 1 heterocycles. The summed E-state index contributed by atoms with van der Waals surface area (Å²) in [5, 5.41) is 3.56. The summed E-state index contributed by atoms with van der Waals surface area (Å²) in [4.78, 5) is 8.58. The Hall–Kier alpha value is -0.960. The normalized spacial score (nSPS) is 17.7. The van der Waals surface area contributed by atoms with Crippen LogP contribution in [0.4, 0.5) is 0 Å². The summed E-state index contributed by atoms with van der Waals surface area (Å²) in [6.45, 7) is 5.06. The first kappa shape index (κ1) is 10.6. The van der Waals surface area contributed by atoms with Crippen LogP contribution >= 0.6 is 0 Å². The van der Waals surface area contributed by atoms with Gasteiger partial charge < -0.3 is 5.32 Å². The van der Waals surface area contributed by atoms with Gasteiger partial charge in [0.15, 0.2) is 0 Å². The SMILES string of the molecule is CCC(NCc1cnc(C)cn1)C1CC1. The average Bonchev–Trinajstić information content (AvgIpc) is 3.06. The molecule has 1 N–H and O–H groups in total. The molecule has 0 saturated heterocycles. The molecule has 1 aromatic rings. The van der Waals surface area contributed by atoms with Crippen LogP contribution in [-0.4, -0.2) is 16.0 Å². The third kappa shape index (κ3) is 2.99. The van der Waals surface area contributed by atoms with E-state index in [4.69, 9.17) is 0 Å². The highest BCUT2D eigenvalue weighted by molar-refractivity contribution is 5.00. The summed E-state index contributed by atoms with van der Waals surface area (Å²) in [5.74, 6) is 0.911. The lowest BCUT2D eigenvalue weighted by atomic mass is 10.1. The smallest absolute Gasteiger partial charge is 0.0724 e. The summed E-state index contributed by atoms with van der Waals surface area (Å²) >= 11 is 0. The van der Waals surface area contributed by atoms with E-state index in [1.165, 1.54) is 19.3 Å². The highest BCUT2D eigenvalue weighted by Crippen LogP contribution is 2.33. The van der Waals surface area contributed by atoms with Crippen LogP contribution in [0.2, 0.25) is 0 Å². The van der Waals surface area contributed by atoms with Gasteiger partial charge in [0.1, 0.15) is 0 Å². The number of hydrogen-bond acceptors (Lipinski definition) is 3. The van der Waals surface area contributed by atoms with Gasteiger partial charge in [-0.15, -0.1) is 0 Å². The van der Waals surface area contributed by atoms with E-state index in [2.05, 4.69) is 22.2 Å². The second kappa shape index (κ2) is 4.71. The molecule has 0 amide bonds. The first-order valence-corrected chi connectivity index (χ1v) is 5.80. The van der Waals surface area contributed by atoms with E-state index in [1.54, 1.807) is 0 Å². The Bertz CT molecular complexity index is 303. The average molecular weight is 205 g/mol. The number of nitrogens with one attached hydrogen (secondary N) is 1. The maximum atomic E-state index is 4.34. The van der Waals surface area contributed by atoms with E-state index in [-0.39, 0.29) is 0 Å². The number of aromatic nitrogens is 2. The third-order valence-corrected chi connectivity index (χ3v) is 3.01. The van der Waals surface area contributed by atoms with Gasteiger partial charge in [0.05, 0.1) is 11.4 Å². The van der Waals surface area contributed by atoms with Crippen LogP contribution in [0.1, 0.15) is 37.6 Å². The number of aryl methyl sites for hydroxylation is 1. The fraction of sp³-hybridized carbons (Fsp3) is 0.667. The van der Waals surface area contributed by atoms with Crippen molar-refractivity contribution in [3.63, 3.8) is 0 Å². The Balaban J connectivity index is 1.83. The lowest BCUT2D eigenvalue weighted by Crippen LogP contribution is -2.30. The van der Waals surface area contributed by atoms with Gasteiger partial charge in [0.25, 0.3) is 0 Å². The van der Waals surface area contributed by atoms with Gasteiger partial charge in [-0.05, 0) is 32.1 Å². The van der Waals surface area contributed by atoms with E-state index in [1.807, 2.05) is 19.3 Å². The molecule has 1 atom stereocenters. The second-order valence-corrected chi connectivity index (χ2v) is 4.38. The van der Waals surface area contributed by atoms with Crippen LogP contribution in [0.3, 0.4) is 0 Å². The van der Waals surface area contributed by atoms with Crippen LogP contribution in [-0.2, 0) is 6.54 Å². The quantitative estimate of drug-likeness (QED) is 0.799. The van der Waals surface area contributed by atoms with Crippen molar-refractivity contribution >= 4 is 0 Å². The van der Waals surface area contributed by atoms with Gasteiger partial charge in [0, 0.05) is 25.0 Å². The molecule has 82 valence electrons. The predicted molar refractivity (Wildman–Crippen MR) is 60.4 cm³/mol. The fourth-order valence-electron chi connectivity index (χ4n) is 1.89. The molecule has 0 radical (unpaired) electrons. The molecule has 3 heteroatoms. The molecule has 0 spiro atoms. The minimum atomic E-state index is 0.674. The van der Waals surface area contributed by atoms with Crippen molar-refractivity contribution in [3.8, 4) is 0 Å². The summed E-state index contributed by atoms with van der Waals surface area (Å²) in [7, 11) is 0. The van der Waals surface area contributed by atoms with Gasteiger partial charge in [-0.25, -0.2) is 0 Å². The molecule has 1 fully saturated rings. The molecule has 3 nitrogen and oxygen atoms in total. The molecule has 15 heavy (non-hydrogen) atoms. The largest absolute Gasteiger partial charge is 0.308 e. The summed E-state index contributed by atoms with van der Waals surface area (Å²) < 4.78 is 0. The minimum Gasteiger partial charge on any atom is -0.308 e. The predicted octanol–water partition coefficient (Wildman–Crippen LogP) is 2.06. The fourth-order valence-corrected chi connectivity index (χ4v) is 1.89. The zero-order valence-electron chi connectivity index (χ0n) is 9.53. The zero-order chi connectivity index (χ0) is 10.7. The van der Waals surface area contributed by atoms with Crippen molar-refractivity contribution in [1.82, 2.24) is 15.3 Å². The lowest BCUT2D eigenvalue weighted by molar-refractivity contribution is 0.446. The summed E-state index contributed by atoms with van der Waals surface area (Å²) in [6.07, 6.45) is 7.69. The Morgan fingerprint density at radius 3 is 2.73 bits per heavy atom. The topological polar surface area (TPSA) is 37.8 Å². The van der Waals surface area contributed by atoms with Gasteiger partial charge in [-0.1, -0.05) is 6.92 Å². The molecular formula is C12H19N3. The Labute approximate surface area is 91.3 Å². The van der Waals surface area contributed by atoms with Crippen LogP contribution in [0, 0.1) is 12.8 Å². The van der Waals surface area contributed by atoms with Crippen molar-refractivity contribution in [1.29, 1.82) is 0 Å². The first-order valence-electron chi connectivity index (χ1n) is 5.80. The van der Waals surface area contributed by atoms with E-state index in [0.717, 1.165) is 23.9 Å². The van der Waals surface area contributed by atoms with Crippen molar-refractivity contribution in [2.45, 2.75) is 45.7 Å². The number of nitrogens with zero attached hydrogens (tertiary/aromatic N) is 2. The van der Waals surface area contributed by atoms with Crippen LogP contribution in [0.15, 0.2) is 12.4 Å². The molecule has 1 unspecified atom stereocenters. The number of rotatable bonds is 5.